The van der Waals surface area contributed by atoms with Crippen LogP contribution in [-0.2, 0) is 17.8 Å². The largest absolute Gasteiger partial charge is 0.444 e. The molecule has 0 fully saturated rings. The van der Waals surface area contributed by atoms with Gasteiger partial charge in [-0.15, -0.1) is 11.3 Å². The molecule has 0 aliphatic carbocycles. The highest BCUT2D eigenvalue weighted by molar-refractivity contribution is 7.09. The molecule has 0 bridgehead atoms. The van der Waals surface area contributed by atoms with Gasteiger partial charge < -0.3 is 9.73 Å². The molecule has 2 rings (SSSR count). The molecule has 0 aromatic carbocycles. The first-order chi connectivity index (χ1) is 9.45. The highest BCUT2D eigenvalue weighted by Gasteiger charge is 2.11. The average Bonchev–Trinajstić information content (AvgIpc) is 2.95. The van der Waals surface area contributed by atoms with Gasteiger partial charge >= 0.3 is 0 Å². The van der Waals surface area contributed by atoms with E-state index in [9.17, 15) is 4.79 Å². The molecule has 20 heavy (non-hydrogen) atoms. The zero-order chi connectivity index (χ0) is 14.7. The molecule has 108 valence electrons. The van der Waals surface area contributed by atoms with Crippen LogP contribution >= 0.6 is 11.3 Å². The van der Waals surface area contributed by atoms with Crippen LogP contribution in [0.4, 0.5) is 0 Å². The van der Waals surface area contributed by atoms with Gasteiger partial charge in [-0.2, -0.15) is 0 Å². The van der Waals surface area contributed by atoms with E-state index in [1.807, 2.05) is 19.2 Å². The van der Waals surface area contributed by atoms with Gasteiger partial charge in [-0.25, -0.2) is 9.97 Å². The number of hydrogen-bond acceptors (Lipinski definition) is 5. The van der Waals surface area contributed by atoms with E-state index >= 15 is 0 Å². The second-order valence-corrected chi connectivity index (χ2v) is 5.92. The van der Waals surface area contributed by atoms with Crippen LogP contribution in [0.3, 0.4) is 0 Å². The number of nitrogens with zero attached hydrogens (tertiary/aromatic N) is 2. The summed E-state index contributed by atoms with van der Waals surface area (Å²) < 4.78 is 5.41. The summed E-state index contributed by atoms with van der Waals surface area (Å²) in [4.78, 5) is 20.5. The minimum Gasteiger partial charge on any atom is -0.444 e. The molecule has 0 unspecified atom stereocenters. The molecular weight excluding hydrogens is 274 g/mol. The molecule has 2 aromatic heterocycles. The van der Waals surface area contributed by atoms with Crippen LogP contribution in [0.1, 0.15) is 47.8 Å². The fourth-order valence-electron chi connectivity index (χ4n) is 1.68. The van der Waals surface area contributed by atoms with E-state index in [-0.39, 0.29) is 5.91 Å². The minimum absolute atomic E-state index is 0.0703. The Balaban J connectivity index is 1.85. The maximum atomic E-state index is 11.8. The van der Waals surface area contributed by atoms with Crippen molar-refractivity contribution in [2.45, 2.75) is 46.6 Å². The van der Waals surface area contributed by atoms with Crippen molar-refractivity contribution < 1.29 is 9.21 Å². The van der Waals surface area contributed by atoms with Gasteiger partial charge in [0.2, 0.25) is 11.8 Å². The van der Waals surface area contributed by atoms with Crippen molar-refractivity contribution in [1.82, 2.24) is 15.3 Å². The maximum Gasteiger partial charge on any atom is 0.226 e. The van der Waals surface area contributed by atoms with E-state index in [1.54, 1.807) is 11.3 Å². The lowest BCUT2D eigenvalue weighted by molar-refractivity contribution is -0.120. The lowest BCUT2D eigenvalue weighted by Crippen LogP contribution is -2.24. The summed E-state index contributed by atoms with van der Waals surface area (Å²) in [6.45, 7) is 8.24. The van der Waals surface area contributed by atoms with Crippen molar-refractivity contribution in [2.75, 3.05) is 0 Å². The van der Waals surface area contributed by atoms with E-state index in [2.05, 4.69) is 29.1 Å². The fraction of sp³-hybridized carbons (Fsp3) is 0.500. The first-order valence-electron chi connectivity index (χ1n) is 6.59. The summed E-state index contributed by atoms with van der Waals surface area (Å²) in [7, 11) is 0. The van der Waals surface area contributed by atoms with Crippen molar-refractivity contribution in [3.63, 3.8) is 0 Å². The van der Waals surface area contributed by atoms with Gasteiger partial charge in [0.15, 0.2) is 0 Å². The number of oxazole rings is 1. The smallest absolute Gasteiger partial charge is 0.226 e. The van der Waals surface area contributed by atoms with E-state index < -0.39 is 0 Å². The summed E-state index contributed by atoms with van der Waals surface area (Å²) in [5.74, 6) is 1.65. The van der Waals surface area contributed by atoms with E-state index in [4.69, 9.17) is 4.42 Å². The second-order valence-electron chi connectivity index (χ2n) is 5.03. The summed E-state index contributed by atoms with van der Waals surface area (Å²) in [5.41, 5.74) is 1.67. The van der Waals surface area contributed by atoms with Crippen LogP contribution in [-0.4, -0.2) is 15.9 Å². The van der Waals surface area contributed by atoms with Crippen LogP contribution in [0.5, 0.6) is 0 Å². The SMILES string of the molecule is Cc1nc(CNC(=O)Cc2csc(C(C)C)n2)oc1C. The predicted octanol–water partition coefficient (Wildman–Crippen LogP) is 2.73. The Hall–Kier alpha value is -1.69. The Bertz CT molecular complexity index is 582. The standard InChI is InChI=1S/C14H19N3O2S/c1-8(2)14-17-11(7-20-14)5-12(18)15-6-13-16-9(3)10(4)19-13/h7-8H,5-6H2,1-4H3,(H,15,18). The lowest BCUT2D eigenvalue weighted by atomic mass is 10.2. The molecule has 5 nitrogen and oxygen atoms in total. The van der Waals surface area contributed by atoms with Gasteiger partial charge in [0.1, 0.15) is 5.76 Å². The van der Waals surface area contributed by atoms with Crippen LogP contribution < -0.4 is 5.32 Å². The van der Waals surface area contributed by atoms with Gasteiger partial charge in [-0.3, -0.25) is 4.79 Å². The van der Waals surface area contributed by atoms with Crippen molar-refractivity contribution in [3.05, 3.63) is 33.4 Å². The van der Waals surface area contributed by atoms with Gasteiger partial charge in [0, 0.05) is 11.3 Å². The first-order valence-corrected chi connectivity index (χ1v) is 7.47. The summed E-state index contributed by atoms with van der Waals surface area (Å²) in [6, 6.07) is 0. The fourth-order valence-corrected chi connectivity index (χ4v) is 2.52. The molecule has 0 aliphatic rings. The number of nitrogens with one attached hydrogen (secondary N) is 1. The van der Waals surface area contributed by atoms with Crippen molar-refractivity contribution in [3.8, 4) is 0 Å². The molecule has 1 N–H and O–H groups in total. The molecular formula is C14H19N3O2S. The van der Waals surface area contributed by atoms with Crippen LogP contribution in [0.15, 0.2) is 9.80 Å². The highest BCUT2D eigenvalue weighted by atomic mass is 32.1. The summed E-state index contributed by atoms with van der Waals surface area (Å²) >= 11 is 1.60. The number of aryl methyl sites for hydroxylation is 2. The van der Waals surface area contributed by atoms with Gasteiger partial charge in [-0.1, -0.05) is 13.8 Å². The Morgan fingerprint density at radius 2 is 2.15 bits per heavy atom. The number of carbonyl (C=O) groups excluding carboxylic acids is 1. The van der Waals surface area contributed by atoms with E-state index in [0.717, 1.165) is 22.2 Å². The van der Waals surface area contributed by atoms with Crippen molar-refractivity contribution in [2.24, 2.45) is 0 Å². The zero-order valence-corrected chi connectivity index (χ0v) is 13.0. The monoisotopic (exact) mass is 293 g/mol. The molecule has 0 saturated carbocycles. The number of amides is 1. The Kier molecular flexibility index (Phi) is 4.54. The van der Waals surface area contributed by atoms with E-state index in [1.165, 1.54) is 0 Å². The molecule has 0 aliphatic heterocycles. The summed E-state index contributed by atoms with van der Waals surface area (Å²) in [5, 5.41) is 5.80. The molecule has 0 radical (unpaired) electrons. The van der Waals surface area contributed by atoms with Gasteiger partial charge in [0.05, 0.1) is 29.4 Å². The number of thiazole rings is 1. The first kappa shape index (κ1) is 14.7. The molecule has 1 amide bonds. The van der Waals surface area contributed by atoms with Gasteiger partial charge in [0.25, 0.3) is 0 Å². The van der Waals surface area contributed by atoms with Gasteiger partial charge in [-0.05, 0) is 13.8 Å². The van der Waals surface area contributed by atoms with Crippen LogP contribution in [0.25, 0.3) is 0 Å². The molecule has 6 heteroatoms. The maximum absolute atomic E-state index is 11.8. The molecule has 2 heterocycles. The third kappa shape index (κ3) is 3.66. The van der Waals surface area contributed by atoms with E-state index in [0.29, 0.717) is 24.8 Å². The van der Waals surface area contributed by atoms with Crippen molar-refractivity contribution >= 4 is 17.2 Å². The number of rotatable bonds is 5. The Labute approximate surface area is 122 Å². The molecule has 0 saturated heterocycles. The highest BCUT2D eigenvalue weighted by Crippen LogP contribution is 2.19. The average molecular weight is 293 g/mol. The number of aromatic nitrogens is 2. The second kappa shape index (κ2) is 6.17. The normalized spacial score (nSPS) is 11.1. The Morgan fingerprint density at radius 1 is 1.40 bits per heavy atom. The molecule has 2 aromatic rings. The predicted molar refractivity (Wildman–Crippen MR) is 77.7 cm³/mol. The third-order valence-corrected chi connectivity index (χ3v) is 4.11. The molecule has 0 spiro atoms. The van der Waals surface area contributed by atoms with Crippen molar-refractivity contribution in [1.29, 1.82) is 0 Å². The van der Waals surface area contributed by atoms with Crippen LogP contribution in [0.2, 0.25) is 0 Å². The Morgan fingerprint density at radius 3 is 2.70 bits per heavy atom. The quantitative estimate of drug-likeness (QED) is 0.920. The number of hydrogen-bond donors (Lipinski definition) is 1. The topological polar surface area (TPSA) is 68.0 Å². The zero-order valence-electron chi connectivity index (χ0n) is 12.2. The van der Waals surface area contributed by atoms with Crippen LogP contribution in [0, 0.1) is 13.8 Å². The minimum atomic E-state index is -0.0703. The summed E-state index contributed by atoms with van der Waals surface area (Å²) in [6.07, 6.45) is 0.294. The third-order valence-electron chi connectivity index (χ3n) is 2.91. The molecule has 0 atom stereocenters. The lowest BCUT2D eigenvalue weighted by Gasteiger charge is -2.01. The number of carbonyl (C=O) groups is 1.